The summed E-state index contributed by atoms with van der Waals surface area (Å²) in [6, 6.07) is 0. The van der Waals surface area contributed by atoms with Crippen molar-refractivity contribution >= 4 is 0 Å². The summed E-state index contributed by atoms with van der Waals surface area (Å²) < 4.78 is 0. The molecule has 1 fully saturated rings. The Bertz CT molecular complexity index is 227. The number of fused-ring (bicyclic) bond motifs is 2. The standard InChI is InChI=1S/C11H16O/c1-8(7-12)4-11-6-9-2-3-10(11)5-9/h2-4,9-12H,5-7H2,1H3/b8-4+. The van der Waals surface area contributed by atoms with Crippen LogP contribution in [0.2, 0.25) is 0 Å². The molecule has 12 heavy (non-hydrogen) atoms. The van der Waals surface area contributed by atoms with Gasteiger partial charge in [0.2, 0.25) is 0 Å². The largest absolute Gasteiger partial charge is 0.392 e. The molecule has 2 bridgehead atoms. The van der Waals surface area contributed by atoms with Gasteiger partial charge in [-0.05, 0) is 37.5 Å². The van der Waals surface area contributed by atoms with Gasteiger partial charge in [-0.25, -0.2) is 0 Å². The minimum Gasteiger partial charge on any atom is -0.392 e. The molecule has 0 aliphatic heterocycles. The average Bonchev–Trinajstić information content (AvgIpc) is 2.64. The Kier molecular flexibility index (Phi) is 2.05. The molecule has 0 heterocycles. The molecule has 2 aliphatic carbocycles. The predicted octanol–water partition coefficient (Wildman–Crippen LogP) is 2.14. The lowest BCUT2D eigenvalue weighted by atomic mass is 9.92. The lowest BCUT2D eigenvalue weighted by Gasteiger charge is -2.14. The highest BCUT2D eigenvalue weighted by Gasteiger charge is 2.33. The first-order chi connectivity index (χ1) is 5.79. The minimum atomic E-state index is 0.220. The van der Waals surface area contributed by atoms with E-state index in [4.69, 9.17) is 5.11 Å². The summed E-state index contributed by atoms with van der Waals surface area (Å²) in [4.78, 5) is 0. The monoisotopic (exact) mass is 164 g/mol. The minimum absolute atomic E-state index is 0.220. The van der Waals surface area contributed by atoms with Crippen molar-refractivity contribution in [3.05, 3.63) is 23.8 Å². The van der Waals surface area contributed by atoms with E-state index < -0.39 is 0 Å². The summed E-state index contributed by atoms with van der Waals surface area (Å²) in [6.07, 6.45) is 9.61. The van der Waals surface area contributed by atoms with Gasteiger partial charge in [-0.3, -0.25) is 0 Å². The smallest absolute Gasteiger partial charge is 0.0639 e. The van der Waals surface area contributed by atoms with Crippen LogP contribution < -0.4 is 0 Å². The molecule has 0 radical (unpaired) electrons. The van der Waals surface area contributed by atoms with E-state index in [-0.39, 0.29) is 6.61 Å². The molecule has 1 heteroatoms. The SMILES string of the molecule is C/C(=C\C1CC2C=CC1C2)CO. The summed E-state index contributed by atoms with van der Waals surface area (Å²) in [5.41, 5.74) is 1.13. The van der Waals surface area contributed by atoms with Crippen molar-refractivity contribution in [3.63, 3.8) is 0 Å². The number of aliphatic hydroxyl groups is 1. The van der Waals surface area contributed by atoms with Crippen LogP contribution in [0.4, 0.5) is 0 Å². The number of rotatable bonds is 2. The van der Waals surface area contributed by atoms with Gasteiger partial charge < -0.3 is 5.11 Å². The number of allylic oxidation sites excluding steroid dienone is 3. The van der Waals surface area contributed by atoms with Gasteiger partial charge in [0.25, 0.3) is 0 Å². The van der Waals surface area contributed by atoms with Crippen molar-refractivity contribution < 1.29 is 5.11 Å². The van der Waals surface area contributed by atoms with Crippen molar-refractivity contribution in [2.75, 3.05) is 6.61 Å². The van der Waals surface area contributed by atoms with E-state index in [1.54, 1.807) is 0 Å². The maximum absolute atomic E-state index is 8.88. The Morgan fingerprint density at radius 3 is 2.83 bits per heavy atom. The molecule has 0 aromatic rings. The predicted molar refractivity (Wildman–Crippen MR) is 49.7 cm³/mol. The highest BCUT2D eigenvalue weighted by atomic mass is 16.3. The fourth-order valence-electron chi connectivity index (χ4n) is 2.43. The quantitative estimate of drug-likeness (QED) is 0.620. The van der Waals surface area contributed by atoms with Gasteiger partial charge in [-0.15, -0.1) is 0 Å². The maximum atomic E-state index is 8.88. The molecule has 1 saturated carbocycles. The summed E-state index contributed by atoms with van der Waals surface area (Å²) in [6.45, 7) is 2.23. The molecule has 3 unspecified atom stereocenters. The van der Waals surface area contributed by atoms with E-state index in [9.17, 15) is 0 Å². The Morgan fingerprint density at radius 1 is 1.50 bits per heavy atom. The van der Waals surface area contributed by atoms with Crippen LogP contribution in [0.1, 0.15) is 19.8 Å². The molecule has 3 atom stereocenters. The molecule has 1 nitrogen and oxygen atoms in total. The van der Waals surface area contributed by atoms with Crippen LogP contribution >= 0.6 is 0 Å². The average molecular weight is 164 g/mol. The summed E-state index contributed by atoms with van der Waals surface area (Å²) in [5, 5.41) is 8.88. The molecule has 2 rings (SSSR count). The second-order valence-corrected chi connectivity index (χ2v) is 4.12. The van der Waals surface area contributed by atoms with E-state index in [1.807, 2.05) is 6.92 Å². The number of aliphatic hydroxyl groups excluding tert-OH is 1. The van der Waals surface area contributed by atoms with E-state index >= 15 is 0 Å². The highest BCUT2D eigenvalue weighted by Crippen LogP contribution is 2.44. The molecular weight excluding hydrogens is 148 g/mol. The summed E-state index contributed by atoms with van der Waals surface area (Å²) in [5.74, 6) is 2.33. The van der Waals surface area contributed by atoms with Crippen molar-refractivity contribution in [3.8, 4) is 0 Å². The lowest BCUT2D eigenvalue weighted by molar-refractivity contribution is 0.329. The Hall–Kier alpha value is -0.560. The highest BCUT2D eigenvalue weighted by molar-refractivity contribution is 5.16. The van der Waals surface area contributed by atoms with Gasteiger partial charge in [-0.2, -0.15) is 0 Å². The molecule has 66 valence electrons. The third-order valence-electron chi connectivity index (χ3n) is 3.08. The molecule has 0 amide bonds. The van der Waals surface area contributed by atoms with Crippen LogP contribution in [0.5, 0.6) is 0 Å². The Morgan fingerprint density at radius 2 is 2.33 bits per heavy atom. The Balaban J connectivity index is 2.04. The molecule has 0 spiro atoms. The first kappa shape index (κ1) is 8.06. The molecule has 1 N–H and O–H groups in total. The first-order valence-electron chi connectivity index (χ1n) is 4.76. The van der Waals surface area contributed by atoms with E-state index in [1.165, 1.54) is 12.8 Å². The van der Waals surface area contributed by atoms with E-state index in [2.05, 4.69) is 18.2 Å². The van der Waals surface area contributed by atoms with Crippen LogP contribution in [0.15, 0.2) is 23.8 Å². The van der Waals surface area contributed by atoms with Crippen LogP contribution in [0.25, 0.3) is 0 Å². The van der Waals surface area contributed by atoms with Crippen LogP contribution in [0.3, 0.4) is 0 Å². The number of hydrogen-bond donors (Lipinski definition) is 1. The second kappa shape index (κ2) is 3.06. The van der Waals surface area contributed by atoms with Crippen molar-refractivity contribution in [1.82, 2.24) is 0 Å². The van der Waals surface area contributed by atoms with Gasteiger partial charge in [-0.1, -0.05) is 23.8 Å². The summed E-state index contributed by atoms with van der Waals surface area (Å²) in [7, 11) is 0. The van der Waals surface area contributed by atoms with E-state index in [0.717, 1.165) is 17.4 Å². The topological polar surface area (TPSA) is 20.2 Å². The normalized spacial score (nSPS) is 39.5. The van der Waals surface area contributed by atoms with Gasteiger partial charge >= 0.3 is 0 Å². The summed E-state index contributed by atoms with van der Waals surface area (Å²) >= 11 is 0. The van der Waals surface area contributed by atoms with Crippen molar-refractivity contribution in [2.24, 2.45) is 17.8 Å². The zero-order chi connectivity index (χ0) is 8.55. The van der Waals surface area contributed by atoms with Gasteiger partial charge in [0, 0.05) is 0 Å². The molecule has 0 saturated heterocycles. The van der Waals surface area contributed by atoms with Crippen LogP contribution in [-0.4, -0.2) is 11.7 Å². The Labute approximate surface area is 73.8 Å². The van der Waals surface area contributed by atoms with Crippen LogP contribution in [-0.2, 0) is 0 Å². The first-order valence-corrected chi connectivity index (χ1v) is 4.76. The molecular formula is C11H16O. The van der Waals surface area contributed by atoms with Gasteiger partial charge in [0.1, 0.15) is 0 Å². The van der Waals surface area contributed by atoms with Gasteiger partial charge in [0.05, 0.1) is 6.61 Å². The third-order valence-corrected chi connectivity index (χ3v) is 3.08. The van der Waals surface area contributed by atoms with Crippen molar-refractivity contribution in [1.29, 1.82) is 0 Å². The zero-order valence-electron chi connectivity index (χ0n) is 7.53. The van der Waals surface area contributed by atoms with E-state index in [0.29, 0.717) is 5.92 Å². The second-order valence-electron chi connectivity index (χ2n) is 4.12. The van der Waals surface area contributed by atoms with Gasteiger partial charge in [0.15, 0.2) is 0 Å². The molecule has 0 aromatic carbocycles. The zero-order valence-corrected chi connectivity index (χ0v) is 7.53. The number of hydrogen-bond acceptors (Lipinski definition) is 1. The fraction of sp³-hybridized carbons (Fsp3) is 0.636. The molecule has 0 aromatic heterocycles. The van der Waals surface area contributed by atoms with Crippen molar-refractivity contribution in [2.45, 2.75) is 19.8 Å². The maximum Gasteiger partial charge on any atom is 0.0639 e. The fourth-order valence-corrected chi connectivity index (χ4v) is 2.43. The van der Waals surface area contributed by atoms with Crippen LogP contribution in [0, 0.1) is 17.8 Å². The third kappa shape index (κ3) is 1.34. The lowest BCUT2D eigenvalue weighted by Crippen LogP contribution is -2.04. The molecule has 2 aliphatic rings.